The van der Waals surface area contributed by atoms with E-state index in [4.69, 9.17) is 0 Å². The summed E-state index contributed by atoms with van der Waals surface area (Å²) in [5.41, 5.74) is 1.78. The van der Waals surface area contributed by atoms with Crippen LogP contribution >= 0.6 is 0 Å². The van der Waals surface area contributed by atoms with E-state index in [9.17, 15) is 4.39 Å². The monoisotopic (exact) mass is 237 g/mol. The number of rotatable bonds is 6. The van der Waals surface area contributed by atoms with E-state index in [1.54, 1.807) is 13.0 Å². The molecule has 2 heteroatoms. The van der Waals surface area contributed by atoms with Gasteiger partial charge < -0.3 is 5.32 Å². The topological polar surface area (TPSA) is 12.0 Å². The fourth-order valence-electron chi connectivity index (χ4n) is 1.98. The molecule has 1 N–H and O–H groups in total. The molecule has 2 unspecified atom stereocenters. The van der Waals surface area contributed by atoms with Crippen LogP contribution in [0.4, 0.5) is 4.39 Å². The molecule has 1 nitrogen and oxygen atoms in total. The van der Waals surface area contributed by atoms with Gasteiger partial charge in [-0.15, -0.1) is 0 Å². The quantitative estimate of drug-likeness (QED) is 0.781. The van der Waals surface area contributed by atoms with Crippen LogP contribution in [0, 0.1) is 18.7 Å². The molecule has 0 fully saturated rings. The van der Waals surface area contributed by atoms with Gasteiger partial charge in [-0.1, -0.05) is 39.3 Å². The second-order valence-corrected chi connectivity index (χ2v) is 4.87. The molecule has 0 aromatic heterocycles. The summed E-state index contributed by atoms with van der Waals surface area (Å²) in [4.78, 5) is 0. The third-order valence-corrected chi connectivity index (χ3v) is 3.38. The van der Waals surface area contributed by atoms with Crippen molar-refractivity contribution in [2.24, 2.45) is 5.92 Å². The minimum absolute atomic E-state index is 0.102. The van der Waals surface area contributed by atoms with Crippen LogP contribution in [0.25, 0.3) is 0 Å². The van der Waals surface area contributed by atoms with Gasteiger partial charge in [-0.3, -0.25) is 0 Å². The van der Waals surface area contributed by atoms with Crippen LogP contribution in [-0.4, -0.2) is 6.54 Å². The average Bonchev–Trinajstić information content (AvgIpc) is 2.32. The summed E-state index contributed by atoms with van der Waals surface area (Å²) in [6, 6.07) is 5.84. The molecule has 1 rings (SSSR count). The highest BCUT2D eigenvalue weighted by molar-refractivity contribution is 5.25. The standard InChI is InChI=1S/C15H24FN/c1-5-11(3)9-15(17-6-2)13-8-7-12(4)14(16)10-13/h7-8,10-11,15,17H,5-6,9H2,1-4H3. The number of benzene rings is 1. The normalized spacial score (nSPS) is 14.6. The van der Waals surface area contributed by atoms with E-state index in [0.717, 1.165) is 24.9 Å². The maximum absolute atomic E-state index is 13.6. The lowest BCUT2D eigenvalue weighted by atomic mass is 9.93. The molecule has 0 saturated carbocycles. The summed E-state index contributed by atoms with van der Waals surface area (Å²) in [6.45, 7) is 9.25. The Balaban J connectivity index is 2.84. The largest absolute Gasteiger partial charge is 0.310 e. The maximum Gasteiger partial charge on any atom is 0.126 e. The van der Waals surface area contributed by atoms with Crippen molar-refractivity contribution in [3.8, 4) is 0 Å². The van der Waals surface area contributed by atoms with Crippen LogP contribution in [0.1, 0.15) is 50.8 Å². The van der Waals surface area contributed by atoms with E-state index in [0.29, 0.717) is 11.5 Å². The molecule has 96 valence electrons. The summed E-state index contributed by atoms with van der Waals surface area (Å²) >= 11 is 0. The molecular formula is C15H24FN. The smallest absolute Gasteiger partial charge is 0.126 e. The van der Waals surface area contributed by atoms with Crippen LogP contribution in [0.3, 0.4) is 0 Å². The molecule has 0 spiro atoms. The van der Waals surface area contributed by atoms with Gasteiger partial charge in [-0.2, -0.15) is 0 Å². The fraction of sp³-hybridized carbons (Fsp3) is 0.600. The molecule has 0 heterocycles. The lowest BCUT2D eigenvalue weighted by molar-refractivity contribution is 0.407. The van der Waals surface area contributed by atoms with Crippen LogP contribution in [0.5, 0.6) is 0 Å². The highest BCUT2D eigenvalue weighted by atomic mass is 19.1. The van der Waals surface area contributed by atoms with Gasteiger partial charge in [0.2, 0.25) is 0 Å². The minimum atomic E-state index is -0.102. The summed E-state index contributed by atoms with van der Waals surface area (Å²) in [5.74, 6) is 0.554. The number of halogens is 1. The zero-order chi connectivity index (χ0) is 12.8. The Labute approximate surface area is 104 Å². The van der Waals surface area contributed by atoms with E-state index in [2.05, 4.69) is 26.1 Å². The van der Waals surface area contributed by atoms with Gasteiger partial charge in [0.15, 0.2) is 0 Å². The molecule has 0 radical (unpaired) electrons. The third-order valence-electron chi connectivity index (χ3n) is 3.38. The van der Waals surface area contributed by atoms with E-state index >= 15 is 0 Å². The Bertz CT molecular complexity index is 349. The van der Waals surface area contributed by atoms with E-state index in [1.807, 2.05) is 12.1 Å². The average molecular weight is 237 g/mol. The first-order chi connectivity index (χ1) is 8.08. The molecule has 17 heavy (non-hydrogen) atoms. The summed E-state index contributed by atoms with van der Waals surface area (Å²) < 4.78 is 13.6. The lowest BCUT2D eigenvalue weighted by Crippen LogP contribution is -2.23. The fourth-order valence-corrected chi connectivity index (χ4v) is 1.98. The van der Waals surface area contributed by atoms with Crippen LogP contribution in [0.15, 0.2) is 18.2 Å². The maximum atomic E-state index is 13.6. The Morgan fingerprint density at radius 2 is 2.00 bits per heavy atom. The second kappa shape index (κ2) is 6.75. The van der Waals surface area contributed by atoms with Gasteiger partial charge in [0.05, 0.1) is 0 Å². The number of aryl methyl sites for hydroxylation is 1. The summed E-state index contributed by atoms with van der Waals surface area (Å²) in [5, 5.41) is 3.44. The molecule has 0 aliphatic carbocycles. The Hall–Kier alpha value is -0.890. The van der Waals surface area contributed by atoms with Gasteiger partial charge >= 0.3 is 0 Å². The zero-order valence-electron chi connectivity index (χ0n) is 11.4. The first-order valence-electron chi connectivity index (χ1n) is 6.57. The van der Waals surface area contributed by atoms with Gasteiger partial charge in [0.25, 0.3) is 0 Å². The van der Waals surface area contributed by atoms with Crippen LogP contribution in [-0.2, 0) is 0 Å². The minimum Gasteiger partial charge on any atom is -0.310 e. The summed E-state index contributed by atoms with van der Waals surface area (Å²) in [7, 11) is 0. The molecule has 0 aliphatic rings. The van der Waals surface area contributed by atoms with Crippen LogP contribution in [0.2, 0.25) is 0 Å². The molecule has 0 amide bonds. The van der Waals surface area contributed by atoms with Crippen molar-refractivity contribution in [1.82, 2.24) is 5.32 Å². The number of hydrogen-bond acceptors (Lipinski definition) is 1. The SMILES string of the molecule is CCNC(CC(C)CC)c1ccc(C)c(F)c1. The summed E-state index contributed by atoms with van der Waals surface area (Å²) in [6.07, 6.45) is 2.23. The van der Waals surface area contributed by atoms with Crippen molar-refractivity contribution >= 4 is 0 Å². The highest BCUT2D eigenvalue weighted by Gasteiger charge is 2.14. The third kappa shape index (κ3) is 4.12. The number of nitrogens with one attached hydrogen (secondary N) is 1. The first-order valence-corrected chi connectivity index (χ1v) is 6.57. The first kappa shape index (κ1) is 14.2. The van der Waals surface area contributed by atoms with Gasteiger partial charge in [-0.25, -0.2) is 4.39 Å². The predicted molar refractivity (Wildman–Crippen MR) is 71.6 cm³/mol. The van der Waals surface area contributed by atoms with Gasteiger partial charge in [-0.05, 0) is 43.0 Å². The van der Waals surface area contributed by atoms with Crippen molar-refractivity contribution in [2.45, 2.75) is 46.6 Å². The van der Waals surface area contributed by atoms with Crippen molar-refractivity contribution in [3.63, 3.8) is 0 Å². The van der Waals surface area contributed by atoms with E-state index in [-0.39, 0.29) is 11.9 Å². The van der Waals surface area contributed by atoms with Crippen LogP contribution < -0.4 is 5.32 Å². The highest BCUT2D eigenvalue weighted by Crippen LogP contribution is 2.24. The van der Waals surface area contributed by atoms with Crippen molar-refractivity contribution in [1.29, 1.82) is 0 Å². The lowest BCUT2D eigenvalue weighted by Gasteiger charge is -2.22. The Kier molecular flexibility index (Phi) is 5.63. The predicted octanol–water partition coefficient (Wildman–Crippen LogP) is 4.22. The zero-order valence-corrected chi connectivity index (χ0v) is 11.4. The van der Waals surface area contributed by atoms with Crippen molar-refractivity contribution < 1.29 is 4.39 Å². The molecular weight excluding hydrogens is 213 g/mol. The van der Waals surface area contributed by atoms with Crippen molar-refractivity contribution in [3.05, 3.63) is 35.1 Å². The van der Waals surface area contributed by atoms with Gasteiger partial charge in [0.1, 0.15) is 5.82 Å². The van der Waals surface area contributed by atoms with E-state index in [1.165, 1.54) is 0 Å². The molecule has 1 aromatic carbocycles. The molecule has 0 bridgehead atoms. The molecule has 2 atom stereocenters. The molecule has 0 saturated heterocycles. The van der Waals surface area contributed by atoms with Gasteiger partial charge in [0, 0.05) is 6.04 Å². The second-order valence-electron chi connectivity index (χ2n) is 4.87. The number of hydrogen-bond donors (Lipinski definition) is 1. The Morgan fingerprint density at radius 3 is 2.53 bits per heavy atom. The van der Waals surface area contributed by atoms with E-state index < -0.39 is 0 Å². The Morgan fingerprint density at radius 1 is 1.29 bits per heavy atom. The van der Waals surface area contributed by atoms with Crippen molar-refractivity contribution in [2.75, 3.05) is 6.54 Å². The molecule has 0 aliphatic heterocycles. The molecule has 1 aromatic rings.